The number of amides is 2. The van der Waals surface area contributed by atoms with Crippen LogP contribution in [0.25, 0.3) is 6.08 Å². The number of benzene rings is 2. The van der Waals surface area contributed by atoms with Gasteiger partial charge in [-0.25, -0.2) is 4.79 Å². The van der Waals surface area contributed by atoms with E-state index in [0.29, 0.717) is 0 Å². The first-order valence-corrected chi connectivity index (χ1v) is 6.51. The third kappa shape index (κ3) is 3.99. The highest BCUT2D eigenvalue weighted by atomic mass is 16.2. The van der Waals surface area contributed by atoms with Gasteiger partial charge >= 0.3 is 6.03 Å². The maximum absolute atomic E-state index is 11.7. The molecule has 0 spiro atoms. The zero-order valence-corrected chi connectivity index (χ0v) is 11.7. The predicted octanol–water partition coefficient (Wildman–Crippen LogP) is 4.10. The van der Waals surface area contributed by atoms with Crippen LogP contribution in [-0.2, 0) is 0 Å². The summed E-state index contributed by atoms with van der Waals surface area (Å²) in [5.41, 5.74) is 4.09. The van der Waals surface area contributed by atoms with Gasteiger partial charge in [0, 0.05) is 11.9 Å². The lowest BCUT2D eigenvalue weighted by atomic mass is 10.1. The summed E-state index contributed by atoms with van der Waals surface area (Å²) >= 11 is 0. The Balaban J connectivity index is 1.91. The van der Waals surface area contributed by atoms with E-state index >= 15 is 0 Å². The van der Waals surface area contributed by atoms with Gasteiger partial charge in [0.05, 0.1) is 0 Å². The second kappa shape index (κ2) is 6.57. The van der Waals surface area contributed by atoms with Crippen molar-refractivity contribution in [1.29, 1.82) is 0 Å². The molecule has 102 valence electrons. The van der Waals surface area contributed by atoms with Gasteiger partial charge in [0.2, 0.25) is 0 Å². The van der Waals surface area contributed by atoms with Crippen molar-refractivity contribution in [3.05, 3.63) is 71.4 Å². The zero-order chi connectivity index (χ0) is 14.4. The van der Waals surface area contributed by atoms with Crippen LogP contribution in [0.4, 0.5) is 10.5 Å². The van der Waals surface area contributed by atoms with E-state index in [1.807, 2.05) is 62.4 Å². The minimum Gasteiger partial charge on any atom is -0.314 e. The summed E-state index contributed by atoms with van der Waals surface area (Å²) in [4.78, 5) is 11.7. The summed E-state index contributed by atoms with van der Waals surface area (Å²) in [5.74, 6) is 0. The van der Waals surface area contributed by atoms with E-state index in [0.717, 1.165) is 16.8 Å². The molecular weight excluding hydrogens is 248 g/mol. The Hall–Kier alpha value is -2.55. The maximum atomic E-state index is 11.7. The van der Waals surface area contributed by atoms with Gasteiger partial charge in [0.15, 0.2) is 0 Å². The monoisotopic (exact) mass is 266 g/mol. The quantitative estimate of drug-likeness (QED) is 0.863. The van der Waals surface area contributed by atoms with E-state index in [1.54, 1.807) is 6.20 Å². The highest BCUT2D eigenvalue weighted by Crippen LogP contribution is 2.12. The Morgan fingerprint density at radius 2 is 1.85 bits per heavy atom. The molecule has 2 rings (SSSR count). The molecule has 0 bridgehead atoms. The van der Waals surface area contributed by atoms with Crippen molar-refractivity contribution in [3.63, 3.8) is 0 Å². The number of carbonyl (C=O) groups is 1. The van der Waals surface area contributed by atoms with Crippen molar-refractivity contribution in [1.82, 2.24) is 5.32 Å². The minimum absolute atomic E-state index is 0.247. The van der Waals surface area contributed by atoms with Gasteiger partial charge in [-0.1, -0.05) is 48.0 Å². The van der Waals surface area contributed by atoms with E-state index < -0.39 is 0 Å². The van der Waals surface area contributed by atoms with Crippen LogP contribution in [0.3, 0.4) is 0 Å². The molecule has 0 saturated heterocycles. The normalized spacial score (nSPS) is 10.5. The van der Waals surface area contributed by atoms with E-state index in [2.05, 4.69) is 16.7 Å². The Kier molecular flexibility index (Phi) is 4.56. The Morgan fingerprint density at radius 1 is 1.05 bits per heavy atom. The van der Waals surface area contributed by atoms with Crippen LogP contribution in [0.5, 0.6) is 0 Å². The summed E-state index contributed by atoms with van der Waals surface area (Å²) in [6, 6.07) is 15.5. The number of anilines is 1. The molecule has 2 aromatic carbocycles. The van der Waals surface area contributed by atoms with Crippen LogP contribution in [0.1, 0.15) is 16.7 Å². The highest BCUT2D eigenvalue weighted by Gasteiger charge is 2.00. The fraction of sp³-hybridized carbons (Fsp3) is 0.118. The third-order valence-corrected chi connectivity index (χ3v) is 2.93. The number of hydrogen-bond acceptors (Lipinski definition) is 1. The summed E-state index contributed by atoms with van der Waals surface area (Å²) in [6.45, 7) is 3.99. The summed E-state index contributed by atoms with van der Waals surface area (Å²) < 4.78 is 0. The molecule has 0 atom stereocenters. The smallest absolute Gasteiger partial charge is 0.314 e. The molecule has 20 heavy (non-hydrogen) atoms. The Labute approximate surface area is 119 Å². The van der Waals surface area contributed by atoms with Gasteiger partial charge in [0.25, 0.3) is 0 Å². The number of para-hydroxylation sites is 1. The minimum atomic E-state index is -0.247. The molecule has 0 aliphatic heterocycles. The van der Waals surface area contributed by atoms with Crippen LogP contribution < -0.4 is 10.6 Å². The first-order valence-electron chi connectivity index (χ1n) is 6.51. The van der Waals surface area contributed by atoms with Crippen molar-refractivity contribution in [2.24, 2.45) is 0 Å². The fourth-order valence-electron chi connectivity index (χ4n) is 1.86. The average molecular weight is 266 g/mol. The molecule has 3 heteroatoms. The number of aryl methyl sites for hydroxylation is 2. The molecule has 0 fully saturated rings. The highest BCUT2D eigenvalue weighted by molar-refractivity contribution is 5.91. The lowest BCUT2D eigenvalue weighted by molar-refractivity contribution is 0.255. The SMILES string of the molecule is Cc1cccc(/C=C/NC(=O)Nc2ccccc2C)c1. The van der Waals surface area contributed by atoms with Gasteiger partial charge in [-0.05, 0) is 37.1 Å². The molecule has 0 unspecified atom stereocenters. The van der Waals surface area contributed by atoms with Crippen LogP contribution in [0.2, 0.25) is 0 Å². The van der Waals surface area contributed by atoms with E-state index in [9.17, 15) is 4.79 Å². The van der Waals surface area contributed by atoms with Crippen LogP contribution >= 0.6 is 0 Å². The van der Waals surface area contributed by atoms with Crippen LogP contribution in [0, 0.1) is 13.8 Å². The number of rotatable bonds is 3. The molecule has 0 heterocycles. The van der Waals surface area contributed by atoms with E-state index in [-0.39, 0.29) is 6.03 Å². The van der Waals surface area contributed by atoms with Crippen molar-refractivity contribution in [2.75, 3.05) is 5.32 Å². The predicted molar refractivity (Wildman–Crippen MR) is 83.5 cm³/mol. The Bertz CT molecular complexity index is 632. The number of carbonyl (C=O) groups excluding carboxylic acids is 1. The fourth-order valence-corrected chi connectivity index (χ4v) is 1.86. The van der Waals surface area contributed by atoms with E-state index in [4.69, 9.17) is 0 Å². The van der Waals surface area contributed by atoms with Crippen molar-refractivity contribution in [2.45, 2.75) is 13.8 Å². The summed E-state index contributed by atoms with van der Waals surface area (Å²) in [6.07, 6.45) is 3.51. The average Bonchev–Trinajstić information content (AvgIpc) is 2.41. The zero-order valence-electron chi connectivity index (χ0n) is 11.7. The second-order valence-corrected chi connectivity index (χ2v) is 4.66. The molecule has 2 aromatic rings. The molecule has 2 amide bonds. The lowest BCUT2D eigenvalue weighted by Crippen LogP contribution is -2.24. The molecule has 0 aliphatic carbocycles. The molecular formula is C17H18N2O. The molecule has 0 aliphatic rings. The molecule has 3 nitrogen and oxygen atoms in total. The van der Waals surface area contributed by atoms with Gasteiger partial charge < -0.3 is 10.6 Å². The Morgan fingerprint density at radius 3 is 2.60 bits per heavy atom. The first-order chi connectivity index (χ1) is 9.65. The second-order valence-electron chi connectivity index (χ2n) is 4.66. The molecule has 0 saturated carbocycles. The number of urea groups is 1. The van der Waals surface area contributed by atoms with Gasteiger partial charge in [-0.3, -0.25) is 0 Å². The molecule has 2 N–H and O–H groups in total. The molecule has 0 aromatic heterocycles. The van der Waals surface area contributed by atoms with Crippen LogP contribution in [0.15, 0.2) is 54.7 Å². The summed E-state index contributed by atoms with van der Waals surface area (Å²) in [7, 11) is 0. The largest absolute Gasteiger partial charge is 0.323 e. The van der Waals surface area contributed by atoms with Gasteiger partial charge in [0.1, 0.15) is 0 Å². The number of nitrogens with one attached hydrogen (secondary N) is 2. The summed E-state index contributed by atoms with van der Waals surface area (Å²) in [5, 5.41) is 5.50. The van der Waals surface area contributed by atoms with Crippen molar-refractivity contribution in [3.8, 4) is 0 Å². The topological polar surface area (TPSA) is 41.1 Å². The maximum Gasteiger partial charge on any atom is 0.323 e. The van der Waals surface area contributed by atoms with Crippen molar-refractivity contribution >= 4 is 17.8 Å². The van der Waals surface area contributed by atoms with Gasteiger partial charge in [-0.2, -0.15) is 0 Å². The standard InChI is InChI=1S/C17H18N2O/c1-13-6-5-8-15(12-13)10-11-18-17(20)19-16-9-4-3-7-14(16)2/h3-12H,1-2H3,(H2,18,19,20)/b11-10+. The number of hydrogen-bond donors (Lipinski definition) is 2. The van der Waals surface area contributed by atoms with Crippen molar-refractivity contribution < 1.29 is 4.79 Å². The molecule has 0 radical (unpaired) electrons. The van der Waals surface area contributed by atoms with Gasteiger partial charge in [-0.15, -0.1) is 0 Å². The third-order valence-electron chi connectivity index (χ3n) is 2.93. The first kappa shape index (κ1) is 13.9. The lowest BCUT2D eigenvalue weighted by Gasteiger charge is -2.07. The van der Waals surface area contributed by atoms with E-state index in [1.165, 1.54) is 5.56 Å². The van der Waals surface area contributed by atoms with Crippen LogP contribution in [-0.4, -0.2) is 6.03 Å².